The van der Waals surface area contributed by atoms with E-state index < -0.39 is 9.84 Å². The monoisotopic (exact) mass is 440 g/mol. The molecule has 2 aromatic carbocycles. The molecule has 0 radical (unpaired) electrons. The van der Waals surface area contributed by atoms with Crippen LogP contribution in [0.1, 0.15) is 50.6 Å². The summed E-state index contributed by atoms with van der Waals surface area (Å²) < 4.78 is 24.0. The van der Waals surface area contributed by atoms with Crippen molar-refractivity contribution < 1.29 is 13.2 Å². The van der Waals surface area contributed by atoms with Gasteiger partial charge in [0.15, 0.2) is 9.84 Å². The molecule has 2 fully saturated rings. The first-order valence-electron chi connectivity index (χ1n) is 11.3. The Balaban J connectivity index is 1.39. The van der Waals surface area contributed by atoms with Crippen molar-refractivity contribution >= 4 is 15.7 Å². The molecule has 1 heterocycles. The largest absolute Gasteiger partial charge is 0.335 e. The van der Waals surface area contributed by atoms with E-state index in [0.717, 1.165) is 31.2 Å². The van der Waals surface area contributed by atoms with Gasteiger partial charge in [-0.05, 0) is 42.9 Å². The molecular weight excluding hydrogens is 408 g/mol. The fourth-order valence-electron chi connectivity index (χ4n) is 4.93. The number of nitrogens with zero attached hydrogens (tertiary/aromatic N) is 1. The molecular formula is C25H32N2O3S. The SMILES string of the molecule is C[C@@H](NCC(=O)N(C1CCCC1)[C@H]1CCS(=O)(=O)C1)c1ccc(-c2ccccc2)cc1. The van der Waals surface area contributed by atoms with Crippen LogP contribution in [0.15, 0.2) is 54.6 Å². The van der Waals surface area contributed by atoms with Gasteiger partial charge in [0.1, 0.15) is 0 Å². The Morgan fingerprint density at radius 2 is 1.61 bits per heavy atom. The van der Waals surface area contributed by atoms with E-state index in [2.05, 4.69) is 48.6 Å². The molecule has 1 saturated carbocycles. The molecule has 1 amide bonds. The summed E-state index contributed by atoms with van der Waals surface area (Å²) in [6.45, 7) is 2.29. The van der Waals surface area contributed by atoms with E-state index in [4.69, 9.17) is 0 Å². The molecule has 1 aliphatic carbocycles. The molecule has 1 aliphatic heterocycles. The van der Waals surface area contributed by atoms with Gasteiger partial charge < -0.3 is 10.2 Å². The van der Waals surface area contributed by atoms with Crippen LogP contribution in [-0.2, 0) is 14.6 Å². The molecule has 6 heteroatoms. The summed E-state index contributed by atoms with van der Waals surface area (Å²) in [5, 5.41) is 3.37. The third-order valence-electron chi connectivity index (χ3n) is 6.69. The van der Waals surface area contributed by atoms with Crippen LogP contribution in [0.25, 0.3) is 11.1 Å². The average molecular weight is 441 g/mol. The third-order valence-corrected chi connectivity index (χ3v) is 8.44. The van der Waals surface area contributed by atoms with Crippen molar-refractivity contribution in [1.82, 2.24) is 10.2 Å². The number of carbonyl (C=O) groups is 1. The molecule has 0 spiro atoms. The number of hydrogen-bond donors (Lipinski definition) is 1. The minimum Gasteiger partial charge on any atom is -0.335 e. The zero-order chi connectivity index (χ0) is 21.8. The first kappa shape index (κ1) is 22.0. The molecule has 0 bridgehead atoms. The van der Waals surface area contributed by atoms with Crippen LogP contribution >= 0.6 is 0 Å². The van der Waals surface area contributed by atoms with Crippen molar-refractivity contribution in [2.24, 2.45) is 0 Å². The van der Waals surface area contributed by atoms with Gasteiger partial charge in [0.2, 0.25) is 5.91 Å². The number of amides is 1. The Bertz CT molecular complexity index is 983. The number of carbonyl (C=O) groups excluding carboxylic acids is 1. The first-order valence-corrected chi connectivity index (χ1v) is 13.2. The maximum Gasteiger partial charge on any atom is 0.237 e. The highest BCUT2D eigenvalue weighted by Gasteiger charge is 2.38. The first-order chi connectivity index (χ1) is 14.9. The molecule has 166 valence electrons. The molecule has 1 N–H and O–H groups in total. The molecule has 1 saturated heterocycles. The van der Waals surface area contributed by atoms with E-state index in [9.17, 15) is 13.2 Å². The lowest BCUT2D eigenvalue weighted by atomic mass is 10.0. The summed E-state index contributed by atoms with van der Waals surface area (Å²) in [4.78, 5) is 15.1. The highest BCUT2D eigenvalue weighted by atomic mass is 32.2. The van der Waals surface area contributed by atoms with Gasteiger partial charge in [-0.25, -0.2) is 8.42 Å². The summed E-state index contributed by atoms with van der Waals surface area (Å²) in [5.74, 6) is 0.346. The molecule has 31 heavy (non-hydrogen) atoms. The summed E-state index contributed by atoms with van der Waals surface area (Å²) in [6, 6.07) is 18.7. The zero-order valence-corrected chi connectivity index (χ0v) is 19.0. The predicted molar refractivity (Wildman–Crippen MR) is 124 cm³/mol. The maximum atomic E-state index is 13.2. The number of rotatable bonds is 7. The van der Waals surface area contributed by atoms with Crippen LogP contribution in [0.3, 0.4) is 0 Å². The van der Waals surface area contributed by atoms with Gasteiger partial charge in [-0.15, -0.1) is 0 Å². The van der Waals surface area contributed by atoms with E-state index in [1.54, 1.807) is 0 Å². The van der Waals surface area contributed by atoms with E-state index in [1.807, 2.05) is 23.1 Å². The summed E-state index contributed by atoms with van der Waals surface area (Å²) in [7, 11) is -3.02. The fourth-order valence-corrected chi connectivity index (χ4v) is 6.64. The number of nitrogens with one attached hydrogen (secondary N) is 1. The van der Waals surface area contributed by atoms with E-state index in [0.29, 0.717) is 6.42 Å². The molecule has 4 rings (SSSR count). The van der Waals surface area contributed by atoms with Gasteiger partial charge in [-0.2, -0.15) is 0 Å². The number of sulfone groups is 1. The predicted octanol–water partition coefficient (Wildman–Crippen LogP) is 3.96. The summed E-state index contributed by atoms with van der Waals surface area (Å²) >= 11 is 0. The minimum absolute atomic E-state index is 0.0294. The van der Waals surface area contributed by atoms with Crippen molar-refractivity contribution in [2.45, 2.75) is 57.2 Å². The van der Waals surface area contributed by atoms with Crippen molar-refractivity contribution in [3.8, 4) is 11.1 Å². The lowest BCUT2D eigenvalue weighted by molar-refractivity contribution is -0.134. The van der Waals surface area contributed by atoms with Crippen LogP contribution in [0.5, 0.6) is 0 Å². The zero-order valence-electron chi connectivity index (χ0n) is 18.2. The molecule has 2 aliphatic rings. The second-order valence-electron chi connectivity index (χ2n) is 8.89. The topological polar surface area (TPSA) is 66.5 Å². The molecule has 2 atom stereocenters. The second-order valence-corrected chi connectivity index (χ2v) is 11.1. The van der Waals surface area contributed by atoms with Gasteiger partial charge in [0, 0.05) is 18.1 Å². The molecule has 0 aromatic heterocycles. The highest BCUT2D eigenvalue weighted by Crippen LogP contribution is 2.29. The Hall–Kier alpha value is -2.18. The van der Waals surface area contributed by atoms with Gasteiger partial charge in [0.05, 0.1) is 18.1 Å². The van der Waals surface area contributed by atoms with E-state index >= 15 is 0 Å². The molecule has 2 aromatic rings. The van der Waals surface area contributed by atoms with Crippen LogP contribution in [0, 0.1) is 0 Å². The van der Waals surface area contributed by atoms with Crippen LogP contribution in [-0.4, -0.2) is 49.4 Å². The Labute approximate surface area is 185 Å². The lowest BCUT2D eigenvalue weighted by Gasteiger charge is -2.34. The van der Waals surface area contributed by atoms with Gasteiger partial charge in [0.25, 0.3) is 0 Å². The summed E-state index contributed by atoms with van der Waals surface area (Å²) in [5.41, 5.74) is 3.48. The standard InChI is InChI=1S/C25H32N2O3S/c1-19(20-11-13-22(14-12-20)21-7-3-2-4-8-21)26-17-25(28)27(23-9-5-6-10-23)24-15-16-31(29,30)18-24/h2-4,7-8,11-14,19,23-24,26H,5-6,9-10,15-18H2,1H3/t19-,24+/m1/s1. The van der Waals surface area contributed by atoms with Crippen molar-refractivity contribution in [1.29, 1.82) is 0 Å². The fraction of sp³-hybridized carbons (Fsp3) is 0.480. The summed E-state index contributed by atoms with van der Waals surface area (Å²) in [6.07, 6.45) is 4.77. The van der Waals surface area contributed by atoms with E-state index in [-0.39, 0.29) is 42.1 Å². The van der Waals surface area contributed by atoms with Crippen LogP contribution < -0.4 is 5.32 Å². The number of hydrogen-bond acceptors (Lipinski definition) is 4. The Morgan fingerprint density at radius 3 is 2.23 bits per heavy atom. The van der Waals surface area contributed by atoms with Crippen molar-refractivity contribution in [3.63, 3.8) is 0 Å². The van der Waals surface area contributed by atoms with Crippen LogP contribution in [0.2, 0.25) is 0 Å². The minimum atomic E-state index is -3.02. The van der Waals surface area contributed by atoms with Crippen LogP contribution in [0.4, 0.5) is 0 Å². The number of benzene rings is 2. The van der Waals surface area contributed by atoms with Gasteiger partial charge >= 0.3 is 0 Å². The highest BCUT2D eigenvalue weighted by molar-refractivity contribution is 7.91. The Kier molecular flexibility index (Phi) is 6.77. The molecule has 0 unspecified atom stereocenters. The van der Waals surface area contributed by atoms with Crippen molar-refractivity contribution in [3.05, 3.63) is 60.2 Å². The average Bonchev–Trinajstić information content (AvgIpc) is 3.43. The quantitative estimate of drug-likeness (QED) is 0.708. The maximum absolute atomic E-state index is 13.2. The normalized spacial score (nSPS) is 21.8. The van der Waals surface area contributed by atoms with Gasteiger partial charge in [-0.1, -0.05) is 67.4 Å². The van der Waals surface area contributed by atoms with Crippen molar-refractivity contribution in [2.75, 3.05) is 18.1 Å². The second kappa shape index (κ2) is 9.53. The Morgan fingerprint density at radius 1 is 0.968 bits per heavy atom. The van der Waals surface area contributed by atoms with Gasteiger partial charge in [-0.3, -0.25) is 4.79 Å². The van der Waals surface area contributed by atoms with E-state index in [1.165, 1.54) is 11.1 Å². The lowest BCUT2D eigenvalue weighted by Crippen LogP contribution is -2.50. The third kappa shape index (κ3) is 5.36. The smallest absolute Gasteiger partial charge is 0.237 e. The molecule has 5 nitrogen and oxygen atoms in total.